The number of nitriles is 1. The Morgan fingerprint density at radius 3 is 2.56 bits per heavy atom. The summed E-state index contributed by atoms with van der Waals surface area (Å²) in [6.07, 6.45) is 0.539. The van der Waals surface area contributed by atoms with Gasteiger partial charge in [0.05, 0.1) is 22.9 Å². The number of thiophene rings is 1. The monoisotopic (exact) mass is 327 g/mol. The van der Waals surface area contributed by atoms with Crippen LogP contribution in [-0.4, -0.2) is 31.1 Å². The molecule has 1 aromatic rings. The van der Waals surface area contributed by atoms with Crippen molar-refractivity contribution < 1.29 is 0 Å². The Hall–Kier alpha value is -0.0200. The van der Waals surface area contributed by atoms with Crippen LogP contribution in [-0.2, 0) is 0 Å². The third-order valence-electron chi connectivity index (χ3n) is 2.80. The molecule has 1 atom stereocenters. The summed E-state index contributed by atoms with van der Waals surface area (Å²) in [7, 11) is 0. The van der Waals surface area contributed by atoms with Crippen molar-refractivity contribution in [2.45, 2.75) is 12.5 Å². The number of nitrogens with one attached hydrogen (secondary N) is 1. The quantitative estimate of drug-likeness (QED) is 0.926. The van der Waals surface area contributed by atoms with Crippen LogP contribution >= 0.6 is 47.8 Å². The number of halogens is 3. The molecule has 2 rings (SSSR count). The van der Waals surface area contributed by atoms with Crippen LogP contribution < -0.4 is 5.32 Å². The molecule has 1 aliphatic rings. The van der Waals surface area contributed by atoms with Crippen LogP contribution in [0.4, 0.5) is 0 Å². The van der Waals surface area contributed by atoms with Gasteiger partial charge in [0.25, 0.3) is 0 Å². The Morgan fingerprint density at radius 1 is 1.39 bits per heavy atom. The molecule has 0 spiro atoms. The maximum atomic E-state index is 8.91. The van der Waals surface area contributed by atoms with E-state index in [1.165, 1.54) is 4.88 Å². The minimum atomic E-state index is 0. The van der Waals surface area contributed by atoms with Gasteiger partial charge in [-0.2, -0.15) is 5.26 Å². The minimum Gasteiger partial charge on any atom is -0.314 e. The van der Waals surface area contributed by atoms with Crippen LogP contribution in [0, 0.1) is 11.3 Å². The van der Waals surface area contributed by atoms with Gasteiger partial charge in [0, 0.05) is 31.1 Å². The van der Waals surface area contributed by atoms with Gasteiger partial charge in [-0.3, -0.25) is 4.90 Å². The Kier molecular flexibility index (Phi) is 8.97. The summed E-state index contributed by atoms with van der Waals surface area (Å²) in [4.78, 5) is 3.57. The van der Waals surface area contributed by atoms with E-state index in [0.29, 0.717) is 6.42 Å². The molecule has 1 aliphatic heterocycles. The molecule has 0 aromatic carbocycles. The summed E-state index contributed by atoms with van der Waals surface area (Å²) in [5, 5.41) is 12.2. The van der Waals surface area contributed by atoms with Crippen LogP contribution in [0.5, 0.6) is 0 Å². The fourth-order valence-electron chi connectivity index (χ4n) is 2.00. The Morgan fingerprint density at radius 2 is 2.06 bits per heavy atom. The van der Waals surface area contributed by atoms with Crippen LogP contribution in [0.25, 0.3) is 0 Å². The molecule has 0 radical (unpaired) electrons. The predicted octanol–water partition coefficient (Wildman–Crippen LogP) is 3.11. The first kappa shape index (κ1) is 18.0. The average molecular weight is 329 g/mol. The largest absolute Gasteiger partial charge is 0.314 e. The van der Waals surface area contributed by atoms with Gasteiger partial charge in [-0.15, -0.1) is 36.2 Å². The van der Waals surface area contributed by atoms with E-state index in [2.05, 4.69) is 16.3 Å². The molecule has 0 aliphatic carbocycles. The van der Waals surface area contributed by atoms with Crippen molar-refractivity contribution in [3.63, 3.8) is 0 Å². The van der Waals surface area contributed by atoms with Crippen molar-refractivity contribution in [1.82, 2.24) is 10.2 Å². The van der Waals surface area contributed by atoms with Gasteiger partial charge in [-0.05, 0) is 12.1 Å². The standard InChI is InChI=1S/C11H14ClN3S.2ClH/c12-11-2-1-10(16-11)9(3-4-13)15-7-5-14-6-8-15;;/h1-2,9,14H,3,5-8H2;2*1H/t9-;;/m1../s1. The number of piperazine rings is 1. The van der Waals surface area contributed by atoms with Crippen LogP contribution in [0.3, 0.4) is 0 Å². The number of rotatable bonds is 3. The second-order valence-electron chi connectivity index (χ2n) is 3.81. The lowest BCUT2D eigenvalue weighted by molar-refractivity contribution is 0.178. The molecule has 0 unspecified atom stereocenters. The minimum absolute atomic E-state index is 0. The molecule has 102 valence electrons. The fourth-order valence-corrected chi connectivity index (χ4v) is 3.19. The molecule has 1 N–H and O–H groups in total. The van der Waals surface area contributed by atoms with Crippen molar-refractivity contribution in [2.24, 2.45) is 0 Å². The van der Waals surface area contributed by atoms with Crippen molar-refractivity contribution >= 4 is 47.8 Å². The van der Waals surface area contributed by atoms with Crippen molar-refractivity contribution in [1.29, 1.82) is 5.26 Å². The van der Waals surface area contributed by atoms with Gasteiger partial charge in [0.15, 0.2) is 0 Å². The lowest BCUT2D eigenvalue weighted by Crippen LogP contribution is -2.44. The zero-order valence-corrected chi connectivity index (χ0v) is 13.0. The fraction of sp³-hybridized carbons (Fsp3) is 0.545. The van der Waals surface area contributed by atoms with E-state index in [0.717, 1.165) is 30.5 Å². The first-order valence-corrected chi connectivity index (χ1v) is 6.57. The highest BCUT2D eigenvalue weighted by atomic mass is 35.5. The van der Waals surface area contributed by atoms with E-state index in [9.17, 15) is 0 Å². The van der Waals surface area contributed by atoms with Crippen LogP contribution in [0.2, 0.25) is 4.34 Å². The molecule has 2 heterocycles. The molecule has 1 saturated heterocycles. The maximum absolute atomic E-state index is 8.91. The molecule has 3 nitrogen and oxygen atoms in total. The Bertz CT molecular complexity index is 385. The van der Waals surface area contributed by atoms with Gasteiger partial charge in [0.1, 0.15) is 0 Å². The molecular weight excluding hydrogens is 313 g/mol. The number of nitrogens with zero attached hydrogens (tertiary/aromatic N) is 2. The third kappa shape index (κ3) is 4.58. The van der Waals surface area contributed by atoms with E-state index in [4.69, 9.17) is 16.9 Å². The SMILES string of the molecule is Cl.Cl.N#CC[C@H](c1ccc(Cl)s1)N1CCNCC1. The number of hydrogen-bond acceptors (Lipinski definition) is 4. The highest BCUT2D eigenvalue weighted by Crippen LogP contribution is 2.32. The normalized spacial score (nSPS) is 17.1. The summed E-state index contributed by atoms with van der Waals surface area (Å²) < 4.78 is 0.799. The van der Waals surface area contributed by atoms with Crippen molar-refractivity contribution in [3.05, 3.63) is 21.3 Å². The first-order valence-electron chi connectivity index (χ1n) is 5.38. The van der Waals surface area contributed by atoms with Crippen molar-refractivity contribution in [3.8, 4) is 6.07 Å². The van der Waals surface area contributed by atoms with E-state index in [1.54, 1.807) is 11.3 Å². The molecular formula is C11H16Cl3N3S. The summed E-state index contributed by atoms with van der Waals surface area (Å²) in [5.41, 5.74) is 0. The molecule has 0 bridgehead atoms. The second kappa shape index (κ2) is 8.98. The molecule has 1 fully saturated rings. The van der Waals surface area contributed by atoms with E-state index >= 15 is 0 Å². The second-order valence-corrected chi connectivity index (χ2v) is 5.55. The highest BCUT2D eigenvalue weighted by molar-refractivity contribution is 7.16. The molecule has 1 aromatic heterocycles. The van der Waals surface area contributed by atoms with E-state index < -0.39 is 0 Å². The zero-order chi connectivity index (χ0) is 11.4. The van der Waals surface area contributed by atoms with Gasteiger partial charge in [-0.25, -0.2) is 0 Å². The highest BCUT2D eigenvalue weighted by Gasteiger charge is 2.23. The summed E-state index contributed by atoms with van der Waals surface area (Å²) in [6, 6.07) is 6.44. The lowest BCUT2D eigenvalue weighted by atomic mass is 10.1. The molecule has 0 saturated carbocycles. The first-order chi connectivity index (χ1) is 7.81. The van der Waals surface area contributed by atoms with Gasteiger partial charge >= 0.3 is 0 Å². The van der Waals surface area contributed by atoms with E-state index in [-0.39, 0.29) is 30.9 Å². The zero-order valence-electron chi connectivity index (χ0n) is 9.76. The summed E-state index contributed by atoms with van der Waals surface area (Å²) >= 11 is 7.53. The Labute approximate surface area is 129 Å². The smallest absolute Gasteiger partial charge is 0.0931 e. The predicted molar refractivity (Wildman–Crippen MR) is 81.2 cm³/mol. The summed E-state index contributed by atoms with van der Waals surface area (Å²) in [6.45, 7) is 4.01. The maximum Gasteiger partial charge on any atom is 0.0931 e. The van der Waals surface area contributed by atoms with Crippen molar-refractivity contribution in [2.75, 3.05) is 26.2 Å². The lowest BCUT2D eigenvalue weighted by Gasteiger charge is -2.33. The van der Waals surface area contributed by atoms with Gasteiger partial charge in [-0.1, -0.05) is 11.6 Å². The third-order valence-corrected chi connectivity index (χ3v) is 4.13. The topological polar surface area (TPSA) is 39.1 Å². The molecule has 0 amide bonds. The number of hydrogen-bond donors (Lipinski definition) is 1. The van der Waals surface area contributed by atoms with Gasteiger partial charge < -0.3 is 5.32 Å². The van der Waals surface area contributed by atoms with Crippen LogP contribution in [0.1, 0.15) is 17.3 Å². The van der Waals surface area contributed by atoms with Crippen LogP contribution in [0.15, 0.2) is 12.1 Å². The summed E-state index contributed by atoms with van der Waals surface area (Å²) in [5.74, 6) is 0. The van der Waals surface area contributed by atoms with E-state index in [1.807, 2.05) is 12.1 Å². The Balaban J connectivity index is 0.00000144. The average Bonchev–Trinajstić information content (AvgIpc) is 2.74. The molecule has 7 heteroatoms. The molecule has 18 heavy (non-hydrogen) atoms. The van der Waals surface area contributed by atoms with Gasteiger partial charge in [0.2, 0.25) is 0 Å².